The third-order valence-electron chi connectivity index (χ3n) is 1.59. The largest absolute Gasteiger partial charge is 0.0912 e. The van der Waals surface area contributed by atoms with Gasteiger partial charge in [-0.2, -0.15) is 0 Å². The molecule has 0 radical (unpaired) electrons. The van der Waals surface area contributed by atoms with Crippen molar-refractivity contribution in [3.8, 4) is 0 Å². The lowest BCUT2D eigenvalue weighted by atomic mass is 10.2. The molecule has 0 aromatic carbocycles. The van der Waals surface area contributed by atoms with Gasteiger partial charge < -0.3 is 0 Å². The van der Waals surface area contributed by atoms with Gasteiger partial charge in [0.1, 0.15) is 0 Å². The maximum absolute atomic E-state index is 3.94. The summed E-state index contributed by atoms with van der Waals surface area (Å²) in [6.07, 6.45) is 6.83. The molecule has 0 nitrogen and oxygen atoms in total. The maximum Gasteiger partial charge on any atom is -0.00885 e. The summed E-state index contributed by atoms with van der Waals surface area (Å²) < 4.78 is 0. The van der Waals surface area contributed by atoms with E-state index in [1.807, 2.05) is 0 Å². The average Bonchev–Trinajstić information content (AvgIpc) is 2.63. The summed E-state index contributed by atoms with van der Waals surface area (Å²) in [5, 5.41) is 0. The maximum atomic E-state index is 3.94. The van der Waals surface area contributed by atoms with E-state index < -0.39 is 0 Å². The zero-order chi connectivity index (χ0) is 5.56. The van der Waals surface area contributed by atoms with Crippen LogP contribution in [0, 0.1) is 0 Å². The third-order valence-corrected chi connectivity index (χ3v) is 1.59. The van der Waals surface area contributed by atoms with Crippen LogP contribution in [0.15, 0.2) is 35.5 Å². The van der Waals surface area contributed by atoms with Gasteiger partial charge in [-0.05, 0) is 29.6 Å². The van der Waals surface area contributed by atoms with Gasteiger partial charge in [0.25, 0.3) is 0 Å². The summed E-state index contributed by atoms with van der Waals surface area (Å²) in [7, 11) is 0. The zero-order valence-corrected chi connectivity index (χ0v) is 4.78. The van der Waals surface area contributed by atoms with Gasteiger partial charge in [0, 0.05) is 0 Å². The van der Waals surface area contributed by atoms with Crippen LogP contribution in [-0.2, 0) is 0 Å². The first-order valence-corrected chi connectivity index (χ1v) is 2.95. The molecule has 0 aromatic rings. The van der Waals surface area contributed by atoms with Gasteiger partial charge in [-0.25, -0.2) is 0 Å². The van der Waals surface area contributed by atoms with Crippen molar-refractivity contribution in [2.75, 3.05) is 0 Å². The first kappa shape index (κ1) is 4.13. The van der Waals surface area contributed by atoms with Crippen LogP contribution >= 0.6 is 0 Å². The summed E-state index contributed by atoms with van der Waals surface area (Å²) in [5.74, 6) is 0. The van der Waals surface area contributed by atoms with Crippen LogP contribution in [0.5, 0.6) is 0 Å². The van der Waals surface area contributed by atoms with E-state index in [-0.39, 0.29) is 0 Å². The van der Waals surface area contributed by atoms with E-state index in [0.717, 1.165) is 0 Å². The molecule has 2 aliphatic rings. The zero-order valence-electron chi connectivity index (χ0n) is 4.78. The Labute approximate surface area is 49.2 Å². The number of hydrogen-bond donors (Lipinski definition) is 0. The van der Waals surface area contributed by atoms with Crippen molar-refractivity contribution in [3.05, 3.63) is 35.5 Å². The molecular weight excluding hydrogens is 96.1 g/mol. The van der Waals surface area contributed by atoms with E-state index in [9.17, 15) is 0 Å². The normalized spacial score (nSPS) is 21.5. The minimum atomic E-state index is 1.19. The lowest BCUT2D eigenvalue weighted by Gasteiger charge is -1.87. The third kappa shape index (κ3) is 0.532. The molecule has 0 heterocycles. The molecule has 0 aliphatic heterocycles. The quantitative estimate of drug-likeness (QED) is 0.503. The smallest absolute Gasteiger partial charge is 0.00885 e. The second kappa shape index (κ2) is 1.13. The molecular formula is C8H8. The van der Waals surface area contributed by atoms with Gasteiger partial charge in [0.15, 0.2) is 0 Å². The molecule has 0 amide bonds. The predicted molar refractivity (Wildman–Crippen MR) is 34.5 cm³/mol. The lowest BCUT2D eigenvalue weighted by molar-refractivity contribution is 1.44. The predicted octanol–water partition coefficient (Wildman–Crippen LogP) is 2.20. The summed E-state index contributed by atoms with van der Waals surface area (Å²) in [4.78, 5) is 0. The molecule has 0 bridgehead atoms. The Hall–Kier alpha value is -0.780. The standard InChI is InChI=1S/C8H8/c1-6(7-2-3-7)8-4-5-8/h2,4H,1,3,5H2. The van der Waals surface area contributed by atoms with E-state index in [1.165, 1.54) is 29.6 Å². The Morgan fingerprint density at radius 3 is 1.88 bits per heavy atom. The molecule has 0 unspecified atom stereocenters. The molecule has 0 N–H and O–H groups in total. The summed E-state index contributed by atoms with van der Waals surface area (Å²) in [5.41, 5.74) is 4.23. The van der Waals surface area contributed by atoms with Crippen LogP contribution in [-0.4, -0.2) is 0 Å². The highest BCUT2D eigenvalue weighted by atomic mass is 14.2. The van der Waals surface area contributed by atoms with Crippen LogP contribution in [0.4, 0.5) is 0 Å². The van der Waals surface area contributed by atoms with Crippen LogP contribution in [0.1, 0.15) is 12.8 Å². The van der Waals surface area contributed by atoms with E-state index in [0.29, 0.717) is 0 Å². The Balaban J connectivity index is 2.14. The van der Waals surface area contributed by atoms with Crippen molar-refractivity contribution in [1.29, 1.82) is 0 Å². The van der Waals surface area contributed by atoms with Crippen molar-refractivity contribution < 1.29 is 0 Å². The topological polar surface area (TPSA) is 0 Å². The van der Waals surface area contributed by atoms with E-state index in [4.69, 9.17) is 0 Å². The molecule has 0 fully saturated rings. The highest BCUT2D eigenvalue weighted by Gasteiger charge is 2.18. The van der Waals surface area contributed by atoms with Crippen molar-refractivity contribution in [2.45, 2.75) is 12.8 Å². The van der Waals surface area contributed by atoms with Crippen molar-refractivity contribution in [1.82, 2.24) is 0 Å². The first-order valence-electron chi connectivity index (χ1n) is 2.95. The minimum Gasteiger partial charge on any atom is -0.0912 e. The SMILES string of the molecule is C=C(C1=CC1)C1=CC1. The van der Waals surface area contributed by atoms with E-state index >= 15 is 0 Å². The van der Waals surface area contributed by atoms with Gasteiger partial charge in [0.2, 0.25) is 0 Å². The van der Waals surface area contributed by atoms with Crippen LogP contribution in [0.25, 0.3) is 0 Å². The molecule has 8 heavy (non-hydrogen) atoms. The number of allylic oxidation sites excluding steroid dienone is 5. The molecule has 40 valence electrons. The fraction of sp³-hybridized carbons (Fsp3) is 0.250. The Morgan fingerprint density at radius 2 is 1.62 bits per heavy atom. The molecule has 2 aliphatic carbocycles. The molecule has 0 aromatic heterocycles. The van der Waals surface area contributed by atoms with Gasteiger partial charge in [-0.1, -0.05) is 18.7 Å². The average molecular weight is 104 g/mol. The van der Waals surface area contributed by atoms with Crippen molar-refractivity contribution >= 4 is 0 Å². The summed E-state index contributed by atoms with van der Waals surface area (Å²) in [6.45, 7) is 3.94. The van der Waals surface area contributed by atoms with E-state index in [1.54, 1.807) is 0 Å². The second-order valence-electron chi connectivity index (χ2n) is 2.35. The minimum absolute atomic E-state index is 1.19. The second-order valence-corrected chi connectivity index (χ2v) is 2.35. The Kier molecular flexibility index (Phi) is 0.587. The highest BCUT2D eigenvalue weighted by Crippen LogP contribution is 2.37. The van der Waals surface area contributed by atoms with Crippen molar-refractivity contribution in [3.63, 3.8) is 0 Å². The first-order chi connectivity index (χ1) is 3.88. The molecule has 0 atom stereocenters. The van der Waals surface area contributed by atoms with Crippen LogP contribution in [0.2, 0.25) is 0 Å². The molecule has 0 saturated carbocycles. The van der Waals surface area contributed by atoms with Gasteiger partial charge in [-0.15, -0.1) is 0 Å². The highest BCUT2D eigenvalue weighted by molar-refractivity contribution is 5.57. The van der Waals surface area contributed by atoms with Crippen LogP contribution < -0.4 is 0 Å². The molecule has 0 saturated heterocycles. The summed E-state index contributed by atoms with van der Waals surface area (Å²) in [6, 6.07) is 0. The van der Waals surface area contributed by atoms with Gasteiger partial charge >= 0.3 is 0 Å². The Morgan fingerprint density at radius 1 is 1.25 bits per heavy atom. The fourth-order valence-corrected chi connectivity index (χ4v) is 0.801. The number of hydrogen-bond acceptors (Lipinski definition) is 0. The molecule has 0 heteroatoms. The van der Waals surface area contributed by atoms with Gasteiger partial charge in [0.05, 0.1) is 0 Å². The van der Waals surface area contributed by atoms with Crippen LogP contribution in [0.3, 0.4) is 0 Å². The lowest BCUT2D eigenvalue weighted by Crippen LogP contribution is -1.68. The summed E-state index contributed by atoms with van der Waals surface area (Å²) >= 11 is 0. The Bertz CT molecular complexity index is 182. The van der Waals surface area contributed by atoms with Gasteiger partial charge in [-0.3, -0.25) is 0 Å². The number of rotatable bonds is 2. The monoisotopic (exact) mass is 104 g/mol. The fourth-order valence-electron chi connectivity index (χ4n) is 0.801. The van der Waals surface area contributed by atoms with Crippen molar-refractivity contribution in [2.24, 2.45) is 0 Å². The molecule has 0 spiro atoms. The molecule has 2 rings (SSSR count). The van der Waals surface area contributed by atoms with E-state index in [2.05, 4.69) is 18.7 Å².